The van der Waals surface area contributed by atoms with Gasteiger partial charge >= 0.3 is 0 Å². The molecule has 0 saturated heterocycles. The third-order valence-electron chi connectivity index (χ3n) is 4.34. The van der Waals surface area contributed by atoms with Gasteiger partial charge in [0.2, 0.25) is 11.8 Å². The van der Waals surface area contributed by atoms with E-state index in [9.17, 15) is 9.59 Å². The third kappa shape index (κ3) is 3.91. The highest BCUT2D eigenvalue weighted by atomic mass is 16.2. The second-order valence-corrected chi connectivity index (χ2v) is 6.11. The number of fused-ring (bicyclic) bond motifs is 1. The number of amides is 2. The van der Waals surface area contributed by atoms with Gasteiger partial charge in [-0.05, 0) is 42.7 Å². The maximum Gasteiger partial charge on any atom is 0.248 e. The molecule has 3 rings (SSSR count). The molecular weight excluding hydrogens is 316 g/mol. The first-order valence-electron chi connectivity index (χ1n) is 8.21. The van der Waals surface area contributed by atoms with Crippen molar-refractivity contribution >= 4 is 34.0 Å². The van der Waals surface area contributed by atoms with Crippen molar-refractivity contribution in [1.82, 2.24) is 10.9 Å². The number of nitrogens with one attached hydrogen (secondary N) is 2. The van der Waals surface area contributed by atoms with E-state index in [0.29, 0.717) is 12.1 Å². The molecule has 0 fully saturated rings. The highest BCUT2D eigenvalue weighted by Gasteiger charge is 2.26. The Morgan fingerprint density at radius 3 is 2.72 bits per heavy atom. The van der Waals surface area contributed by atoms with Crippen LogP contribution in [0.2, 0.25) is 0 Å². The standard InChI is InChI=1S/C19H20N4O2/c1-12(15-8-7-14-5-3-4-6-16(14)11-15)20-22-18(24)10-9-17-13(2)21-23-19(17)25/h3-8,11,17H,9-10H2,1-2H3,(H,22,24)(H,23,25)/b20-12-/t17-/m0/s1. The maximum absolute atomic E-state index is 12.0. The van der Waals surface area contributed by atoms with Gasteiger partial charge in [-0.3, -0.25) is 9.59 Å². The molecule has 25 heavy (non-hydrogen) atoms. The van der Waals surface area contributed by atoms with Crippen LogP contribution in [-0.4, -0.2) is 23.2 Å². The van der Waals surface area contributed by atoms with Gasteiger partial charge in [0.25, 0.3) is 0 Å². The van der Waals surface area contributed by atoms with Crippen molar-refractivity contribution in [3.05, 3.63) is 48.0 Å². The van der Waals surface area contributed by atoms with E-state index in [0.717, 1.165) is 22.0 Å². The van der Waals surface area contributed by atoms with Crippen LogP contribution < -0.4 is 10.9 Å². The summed E-state index contributed by atoms with van der Waals surface area (Å²) in [5, 5.41) is 10.3. The Morgan fingerprint density at radius 1 is 1.24 bits per heavy atom. The van der Waals surface area contributed by atoms with Gasteiger partial charge in [-0.1, -0.05) is 36.4 Å². The van der Waals surface area contributed by atoms with E-state index >= 15 is 0 Å². The van der Waals surface area contributed by atoms with Crippen LogP contribution in [0.15, 0.2) is 52.7 Å². The second kappa shape index (κ2) is 7.25. The minimum atomic E-state index is -0.323. The lowest BCUT2D eigenvalue weighted by molar-refractivity contribution is -0.123. The van der Waals surface area contributed by atoms with Crippen molar-refractivity contribution < 1.29 is 9.59 Å². The van der Waals surface area contributed by atoms with Crippen LogP contribution in [0.25, 0.3) is 10.8 Å². The van der Waals surface area contributed by atoms with E-state index in [-0.39, 0.29) is 24.2 Å². The summed E-state index contributed by atoms with van der Waals surface area (Å²) < 4.78 is 0. The summed E-state index contributed by atoms with van der Waals surface area (Å²) in [5.41, 5.74) is 7.38. The van der Waals surface area contributed by atoms with E-state index < -0.39 is 0 Å². The summed E-state index contributed by atoms with van der Waals surface area (Å²) in [7, 11) is 0. The molecule has 1 heterocycles. The van der Waals surface area contributed by atoms with Crippen molar-refractivity contribution in [2.24, 2.45) is 16.1 Å². The molecule has 1 aliphatic rings. The van der Waals surface area contributed by atoms with Crippen LogP contribution in [0.3, 0.4) is 0 Å². The quantitative estimate of drug-likeness (QED) is 0.650. The number of hydrogen-bond acceptors (Lipinski definition) is 4. The number of carbonyl (C=O) groups is 2. The molecule has 0 unspecified atom stereocenters. The molecule has 2 aromatic rings. The van der Waals surface area contributed by atoms with E-state index in [1.54, 1.807) is 6.92 Å². The topological polar surface area (TPSA) is 82.9 Å². The fraction of sp³-hybridized carbons (Fsp3) is 0.263. The van der Waals surface area contributed by atoms with Crippen LogP contribution in [0.4, 0.5) is 0 Å². The smallest absolute Gasteiger partial charge is 0.248 e. The number of hydrogen-bond donors (Lipinski definition) is 2. The van der Waals surface area contributed by atoms with Crippen LogP contribution >= 0.6 is 0 Å². The first-order valence-corrected chi connectivity index (χ1v) is 8.21. The van der Waals surface area contributed by atoms with Gasteiger partial charge in [-0.15, -0.1) is 0 Å². The number of nitrogens with zero attached hydrogens (tertiary/aromatic N) is 2. The lowest BCUT2D eigenvalue weighted by Gasteiger charge is -2.07. The van der Waals surface area contributed by atoms with Gasteiger partial charge in [0.15, 0.2) is 0 Å². The second-order valence-electron chi connectivity index (χ2n) is 6.11. The van der Waals surface area contributed by atoms with Crippen molar-refractivity contribution in [3.8, 4) is 0 Å². The molecule has 0 radical (unpaired) electrons. The Hall–Kier alpha value is -3.02. The van der Waals surface area contributed by atoms with Gasteiger partial charge in [-0.25, -0.2) is 10.9 Å². The van der Waals surface area contributed by atoms with E-state index in [1.165, 1.54) is 0 Å². The summed E-state index contributed by atoms with van der Waals surface area (Å²) in [6.07, 6.45) is 0.650. The molecule has 6 nitrogen and oxygen atoms in total. The van der Waals surface area contributed by atoms with Gasteiger partial charge < -0.3 is 0 Å². The Labute approximate surface area is 146 Å². The number of hydrazone groups is 2. The summed E-state index contributed by atoms with van der Waals surface area (Å²) in [5.74, 6) is -0.690. The van der Waals surface area contributed by atoms with Crippen LogP contribution in [-0.2, 0) is 9.59 Å². The summed E-state index contributed by atoms with van der Waals surface area (Å²) in [6, 6.07) is 14.1. The Morgan fingerprint density at radius 2 is 2.00 bits per heavy atom. The van der Waals surface area contributed by atoms with Crippen molar-refractivity contribution in [2.45, 2.75) is 26.7 Å². The highest BCUT2D eigenvalue weighted by molar-refractivity contribution is 6.07. The molecule has 2 N–H and O–H groups in total. The summed E-state index contributed by atoms with van der Waals surface area (Å²) >= 11 is 0. The minimum absolute atomic E-state index is 0.152. The molecule has 0 aliphatic carbocycles. The summed E-state index contributed by atoms with van der Waals surface area (Å²) in [4.78, 5) is 23.5. The van der Waals surface area contributed by atoms with Crippen LogP contribution in [0, 0.1) is 5.92 Å². The van der Waals surface area contributed by atoms with Crippen LogP contribution in [0.1, 0.15) is 32.3 Å². The zero-order valence-electron chi connectivity index (χ0n) is 14.2. The van der Waals surface area contributed by atoms with E-state index in [1.807, 2.05) is 43.3 Å². The fourth-order valence-corrected chi connectivity index (χ4v) is 2.79. The third-order valence-corrected chi connectivity index (χ3v) is 4.34. The van der Waals surface area contributed by atoms with Gasteiger partial charge in [-0.2, -0.15) is 10.2 Å². The molecule has 1 aliphatic heterocycles. The summed E-state index contributed by atoms with van der Waals surface area (Å²) in [6.45, 7) is 3.63. The van der Waals surface area contributed by atoms with Gasteiger partial charge in [0.05, 0.1) is 11.6 Å². The maximum atomic E-state index is 12.0. The zero-order chi connectivity index (χ0) is 17.8. The molecule has 6 heteroatoms. The first-order chi connectivity index (χ1) is 12.0. The van der Waals surface area contributed by atoms with E-state index in [2.05, 4.69) is 27.1 Å². The molecule has 1 atom stereocenters. The first kappa shape index (κ1) is 16.8. The Bertz CT molecular complexity index is 886. The SMILES string of the molecule is CC1=NNC(=O)[C@H]1CCC(=O)N/N=C(/C)c1ccc2ccccc2c1. The van der Waals surface area contributed by atoms with E-state index in [4.69, 9.17) is 0 Å². The number of rotatable bonds is 5. The normalized spacial score (nSPS) is 17.4. The average molecular weight is 336 g/mol. The predicted molar refractivity (Wildman–Crippen MR) is 98.3 cm³/mol. The average Bonchev–Trinajstić information content (AvgIpc) is 2.95. The molecule has 0 spiro atoms. The highest BCUT2D eigenvalue weighted by Crippen LogP contribution is 2.16. The van der Waals surface area contributed by atoms with Crippen LogP contribution in [0.5, 0.6) is 0 Å². The molecule has 2 aromatic carbocycles. The molecule has 0 bridgehead atoms. The van der Waals surface area contributed by atoms with Crippen molar-refractivity contribution in [2.75, 3.05) is 0 Å². The predicted octanol–water partition coefficient (Wildman–Crippen LogP) is 2.58. The lowest BCUT2D eigenvalue weighted by atomic mass is 9.99. The lowest BCUT2D eigenvalue weighted by Crippen LogP contribution is -2.25. The molecular formula is C19H20N4O2. The molecule has 0 aromatic heterocycles. The van der Waals surface area contributed by atoms with Gasteiger partial charge in [0.1, 0.15) is 0 Å². The van der Waals surface area contributed by atoms with Crippen molar-refractivity contribution in [3.63, 3.8) is 0 Å². The number of carbonyl (C=O) groups excluding carboxylic acids is 2. The fourth-order valence-electron chi connectivity index (χ4n) is 2.79. The largest absolute Gasteiger partial charge is 0.273 e. The van der Waals surface area contributed by atoms with Gasteiger partial charge in [0, 0.05) is 12.1 Å². The number of benzene rings is 2. The Kier molecular flexibility index (Phi) is 4.88. The monoisotopic (exact) mass is 336 g/mol. The molecule has 2 amide bonds. The molecule has 0 saturated carbocycles. The zero-order valence-corrected chi connectivity index (χ0v) is 14.2. The molecule has 128 valence electrons. The Balaban J connectivity index is 1.59. The minimum Gasteiger partial charge on any atom is -0.273 e. The van der Waals surface area contributed by atoms with Crippen molar-refractivity contribution in [1.29, 1.82) is 0 Å².